The molecule has 1 heterocycles. The van der Waals surface area contributed by atoms with Gasteiger partial charge in [-0.25, -0.2) is 9.07 Å². The number of benzene rings is 2. The van der Waals surface area contributed by atoms with E-state index in [1.54, 1.807) is 16.9 Å². The van der Waals surface area contributed by atoms with E-state index in [4.69, 9.17) is 0 Å². The predicted molar refractivity (Wildman–Crippen MR) is 103 cm³/mol. The third-order valence-electron chi connectivity index (χ3n) is 4.57. The summed E-state index contributed by atoms with van der Waals surface area (Å²) in [6, 6.07) is 16.0. The van der Waals surface area contributed by atoms with Crippen LogP contribution in [0.15, 0.2) is 60.8 Å². The number of halogens is 1. The number of likely N-dealkylation sites (N-methyl/N-ethyl adjacent to an activating group) is 1. The third-order valence-corrected chi connectivity index (χ3v) is 4.57. The Morgan fingerprint density at radius 3 is 2.59 bits per heavy atom. The number of hydrogen-bond donors (Lipinski definition) is 1. The summed E-state index contributed by atoms with van der Waals surface area (Å²) in [5, 5.41) is 7.28. The minimum Gasteiger partial charge on any atom is -0.350 e. The molecular formula is C21H23FN4O. The molecule has 0 radical (unpaired) electrons. The molecule has 0 aliphatic carbocycles. The molecule has 0 spiro atoms. The molecule has 0 fully saturated rings. The maximum absolute atomic E-state index is 13.6. The standard InChI is InChI=1S/C21H23FN4O/c1-15-19(13-24-26(15)18-10-5-4-6-11-18)21(27)23-14-20(25(2)3)16-8-7-9-17(22)12-16/h4-13,20H,14H2,1-3H3,(H,23,27). The fourth-order valence-corrected chi connectivity index (χ4v) is 3.06. The zero-order valence-corrected chi connectivity index (χ0v) is 15.7. The van der Waals surface area contributed by atoms with Crippen LogP contribution in [0.4, 0.5) is 4.39 Å². The number of nitrogens with zero attached hydrogens (tertiary/aromatic N) is 3. The van der Waals surface area contributed by atoms with Crippen LogP contribution in [0.25, 0.3) is 5.69 Å². The Morgan fingerprint density at radius 2 is 1.93 bits per heavy atom. The fraction of sp³-hybridized carbons (Fsp3) is 0.238. The van der Waals surface area contributed by atoms with Crippen molar-refractivity contribution in [2.75, 3.05) is 20.6 Å². The first-order valence-electron chi connectivity index (χ1n) is 8.77. The van der Waals surface area contributed by atoms with Crippen LogP contribution in [-0.4, -0.2) is 41.2 Å². The van der Waals surface area contributed by atoms with Crippen molar-refractivity contribution in [3.63, 3.8) is 0 Å². The maximum Gasteiger partial charge on any atom is 0.254 e. The molecule has 0 saturated carbocycles. The van der Waals surface area contributed by atoms with Gasteiger partial charge in [0.25, 0.3) is 5.91 Å². The minimum atomic E-state index is -0.286. The molecule has 5 nitrogen and oxygen atoms in total. The third kappa shape index (κ3) is 4.23. The van der Waals surface area contributed by atoms with Gasteiger partial charge in [0.15, 0.2) is 0 Å². The molecule has 3 aromatic rings. The predicted octanol–water partition coefficient (Wildman–Crippen LogP) is 3.35. The highest BCUT2D eigenvalue weighted by Gasteiger charge is 2.19. The van der Waals surface area contributed by atoms with Gasteiger partial charge >= 0.3 is 0 Å². The Bertz CT molecular complexity index is 921. The van der Waals surface area contributed by atoms with Crippen molar-refractivity contribution in [2.24, 2.45) is 0 Å². The van der Waals surface area contributed by atoms with Crippen LogP contribution in [0.3, 0.4) is 0 Å². The zero-order chi connectivity index (χ0) is 19.4. The number of carbonyl (C=O) groups excluding carboxylic acids is 1. The molecular weight excluding hydrogens is 343 g/mol. The van der Waals surface area contributed by atoms with Gasteiger partial charge in [0.2, 0.25) is 0 Å². The zero-order valence-electron chi connectivity index (χ0n) is 15.7. The van der Waals surface area contributed by atoms with E-state index in [1.165, 1.54) is 12.1 Å². The van der Waals surface area contributed by atoms with Gasteiger partial charge in [0.1, 0.15) is 5.82 Å². The molecule has 140 valence electrons. The van der Waals surface area contributed by atoms with Gasteiger partial charge in [-0.05, 0) is 50.8 Å². The average Bonchev–Trinajstić information content (AvgIpc) is 3.04. The van der Waals surface area contributed by atoms with Crippen LogP contribution in [0.5, 0.6) is 0 Å². The smallest absolute Gasteiger partial charge is 0.254 e. The molecule has 1 N–H and O–H groups in total. The lowest BCUT2D eigenvalue weighted by molar-refractivity contribution is 0.0941. The number of amides is 1. The first-order chi connectivity index (χ1) is 13.0. The highest BCUT2D eigenvalue weighted by atomic mass is 19.1. The molecule has 3 rings (SSSR count). The van der Waals surface area contributed by atoms with Gasteiger partial charge in [0.05, 0.1) is 29.2 Å². The Labute approximate surface area is 158 Å². The normalized spacial score (nSPS) is 12.2. The molecule has 1 atom stereocenters. The molecule has 27 heavy (non-hydrogen) atoms. The van der Waals surface area contributed by atoms with Gasteiger partial charge in [-0.1, -0.05) is 30.3 Å². The van der Waals surface area contributed by atoms with Gasteiger partial charge in [-0.2, -0.15) is 5.10 Å². The van der Waals surface area contributed by atoms with Crippen molar-refractivity contribution in [1.29, 1.82) is 0 Å². The molecule has 1 amide bonds. The van der Waals surface area contributed by atoms with E-state index in [9.17, 15) is 9.18 Å². The molecule has 0 bridgehead atoms. The molecule has 1 aromatic heterocycles. The Hall–Kier alpha value is -2.99. The summed E-state index contributed by atoms with van der Waals surface area (Å²) < 4.78 is 15.3. The number of nitrogens with one attached hydrogen (secondary N) is 1. The molecule has 0 aliphatic rings. The van der Waals surface area contributed by atoms with Gasteiger partial charge < -0.3 is 10.2 Å². The number of aromatic nitrogens is 2. The van der Waals surface area contributed by atoms with Gasteiger partial charge in [-0.3, -0.25) is 4.79 Å². The van der Waals surface area contributed by atoms with E-state index in [-0.39, 0.29) is 17.8 Å². The number of para-hydroxylation sites is 1. The quantitative estimate of drug-likeness (QED) is 0.728. The highest BCUT2D eigenvalue weighted by Crippen LogP contribution is 2.19. The summed E-state index contributed by atoms with van der Waals surface area (Å²) in [6.45, 7) is 2.23. The van der Waals surface area contributed by atoms with Crippen LogP contribution >= 0.6 is 0 Å². The van der Waals surface area contributed by atoms with Gasteiger partial charge in [-0.15, -0.1) is 0 Å². The molecule has 6 heteroatoms. The number of hydrogen-bond acceptors (Lipinski definition) is 3. The second kappa shape index (κ2) is 8.14. The Kier molecular flexibility index (Phi) is 5.66. The van der Waals surface area contributed by atoms with Crippen LogP contribution < -0.4 is 5.32 Å². The van der Waals surface area contributed by atoms with Crippen molar-refractivity contribution >= 4 is 5.91 Å². The second-order valence-corrected chi connectivity index (χ2v) is 6.64. The van der Waals surface area contributed by atoms with Crippen molar-refractivity contribution in [1.82, 2.24) is 20.0 Å². The van der Waals surface area contributed by atoms with Gasteiger partial charge in [0, 0.05) is 6.54 Å². The Morgan fingerprint density at radius 1 is 1.19 bits per heavy atom. The van der Waals surface area contributed by atoms with Crippen LogP contribution in [0.1, 0.15) is 27.7 Å². The van der Waals surface area contributed by atoms with Crippen LogP contribution in [0.2, 0.25) is 0 Å². The lowest BCUT2D eigenvalue weighted by Crippen LogP contribution is -2.34. The SMILES string of the molecule is Cc1c(C(=O)NCC(c2cccc(F)c2)N(C)C)cnn1-c1ccccc1. The molecule has 0 aliphatic heterocycles. The topological polar surface area (TPSA) is 50.2 Å². The van der Waals surface area contributed by atoms with E-state index in [0.29, 0.717) is 12.1 Å². The van der Waals surface area contributed by atoms with Crippen LogP contribution in [-0.2, 0) is 0 Å². The Balaban J connectivity index is 1.74. The van der Waals surface area contributed by atoms with E-state index >= 15 is 0 Å². The average molecular weight is 366 g/mol. The van der Waals surface area contributed by atoms with Crippen molar-refractivity contribution in [3.05, 3.63) is 83.4 Å². The number of rotatable bonds is 6. The molecule has 0 saturated heterocycles. The molecule has 2 aromatic carbocycles. The van der Waals surface area contributed by atoms with Crippen LogP contribution in [0, 0.1) is 12.7 Å². The minimum absolute atomic E-state index is 0.130. The largest absolute Gasteiger partial charge is 0.350 e. The van der Waals surface area contributed by atoms with E-state index in [2.05, 4.69) is 10.4 Å². The van der Waals surface area contributed by atoms with Crippen molar-refractivity contribution in [2.45, 2.75) is 13.0 Å². The van der Waals surface area contributed by atoms with Crippen molar-refractivity contribution in [3.8, 4) is 5.69 Å². The summed E-state index contributed by atoms with van der Waals surface area (Å²) in [4.78, 5) is 14.6. The maximum atomic E-state index is 13.6. The second-order valence-electron chi connectivity index (χ2n) is 6.64. The lowest BCUT2D eigenvalue weighted by Gasteiger charge is -2.25. The monoisotopic (exact) mass is 366 g/mol. The summed E-state index contributed by atoms with van der Waals surface area (Å²) in [6.07, 6.45) is 1.57. The summed E-state index contributed by atoms with van der Waals surface area (Å²) >= 11 is 0. The highest BCUT2D eigenvalue weighted by molar-refractivity contribution is 5.95. The summed E-state index contributed by atoms with van der Waals surface area (Å²) in [5.41, 5.74) is 3.01. The fourth-order valence-electron chi connectivity index (χ4n) is 3.06. The van der Waals surface area contributed by atoms with E-state index in [0.717, 1.165) is 16.9 Å². The lowest BCUT2D eigenvalue weighted by atomic mass is 10.1. The first-order valence-corrected chi connectivity index (χ1v) is 8.77. The first kappa shape index (κ1) is 18.8. The number of carbonyl (C=O) groups is 1. The summed E-state index contributed by atoms with van der Waals surface area (Å²) in [5.74, 6) is -0.483. The van der Waals surface area contributed by atoms with E-state index in [1.807, 2.05) is 62.3 Å². The molecule has 1 unspecified atom stereocenters. The van der Waals surface area contributed by atoms with E-state index < -0.39 is 0 Å². The summed E-state index contributed by atoms with van der Waals surface area (Å²) in [7, 11) is 3.81. The van der Waals surface area contributed by atoms with Crippen molar-refractivity contribution < 1.29 is 9.18 Å².